The zero-order chi connectivity index (χ0) is 22.1. The number of unbranched alkanes of at least 4 members (excludes halogenated alkanes) is 1. The predicted octanol–water partition coefficient (Wildman–Crippen LogP) is 4.50. The summed E-state index contributed by atoms with van der Waals surface area (Å²) in [5, 5.41) is 0. The third-order valence-corrected chi connectivity index (χ3v) is 5.39. The summed E-state index contributed by atoms with van der Waals surface area (Å²) in [5.74, 6) is -0.147. The number of nitrogens with zero attached hydrogens (tertiary/aromatic N) is 3. The number of amides is 2. The number of hydrogen-bond donors (Lipinski definition) is 0. The Morgan fingerprint density at radius 2 is 1.52 bits per heavy atom. The molecule has 0 unspecified atom stereocenters. The number of aryl methyl sites for hydroxylation is 1. The first kappa shape index (κ1) is 22.3. The molecule has 0 spiro atoms. The normalized spacial score (nSPS) is 10.6. The Morgan fingerprint density at radius 3 is 2.13 bits per heavy atom. The van der Waals surface area contributed by atoms with Crippen LogP contribution in [-0.2, 0) is 24.9 Å². The monoisotopic (exact) mass is 417 g/mol. The second-order valence-electron chi connectivity index (χ2n) is 7.79. The fourth-order valence-electron chi connectivity index (χ4n) is 3.52. The number of aromatic nitrogens is 1. The molecule has 0 N–H and O–H groups in total. The van der Waals surface area contributed by atoms with Crippen LogP contribution in [0.1, 0.15) is 41.4 Å². The molecule has 0 saturated carbocycles. The molecule has 0 aliphatic rings. The van der Waals surface area contributed by atoms with E-state index in [-0.39, 0.29) is 18.4 Å². The van der Waals surface area contributed by atoms with Gasteiger partial charge in [0.05, 0.1) is 6.54 Å². The minimum absolute atomic E-state index is 0.0505. The summed E-state index contributed by atoms with van der Waals surface area (Å²) < 4.78 is 2.02. The molecule has 5 nitrogen and oxygen atoms in total. The maximum absolute atomic E-state index is 13.4. The Kier molecular flexibility index (Phi) is 8.05. The second-order valence-corrected chi connectivity index (χ2v) is 7.79. The van der Waals surface area contributed by atoms with Gasteiger partial charge in [-0.05, 0) is 36.2 Å². The summed E-state index contributed by atoms with van der Waals surface area (Å²) in [5.41, 5.74) is 2.74. The lowest BCUT2D eigenvalue weighted by molar-refractivity contribution is -0.133. The first-order valence-electron chi connectivity index (χ1n) is 10.8. The van der Waals surface area contributed by atoms with Gasteiger partial charge < -0.3 is 14.4 Å². The van der Waals surface area contributed by atoms with Gasteiger partial charge in [-0.2, -0.15) is 0 Å². The molecule has 0 aliphatic carbocycles. The molecule has 2 amide bonds. The van der Waals surface area contributed by atoms with Gasteiger partial charge in [0.25, 0.3) is 5.91 Å². The first-order valence-corrected chi connectivity index (χ1v) is 10.8. The highest BCUT2D eigenvalue weighted by Gasteiger charge is 2.23. The van der Waals surface area contributed by atoms with Crippen LogP contribution in [-0.4, -0.2) is 39.3 Å². The van der Waals surface area contributed by atoms with E-state index in [1.807, 2.05) is 83.4 Å². The molecule has 0 fully saturated rings. The first-order chi connectivity index (χ1) is 15.1. The van der Waals surface area contributed by atoms with E-state index in [0.717, 1.165) is 24.1 Å². The molecule has 1 aromatic heterocycles. The van der Waals surface area contributed by atoms with Crippen LogP contribution in [0.5, 0.6) is 0 Å². The van der Waals surface area contributed by atoms with E-state index in [2.05, 4.69) is 6.92 Å². The van der Waals surface area contributed by atoms with Crippen molar-refractivity contribution in [3.05, 3.63) is 95.8 Å². The van der Waals surface area contributed by atoms with Crippen molar-refractivity contribution in [3.63, 3.8) is 0 Å². The number of hydrogen-bond acceptors (Lipinski definition) is 2. The highest BCUT2D eigenvalue weighted by Crippen LogP contribution is 2.13. The molecule has 0 radical (unpaired) electrons. The van der Waals surface area contributed by atoms with Crippen LogP contribution in [0.2, 0.25) is 0 Å². The minimum Gasteiger partial charge on any atom is -0.353 e. The number of carbonyl (C=O) groups excluding carboxylic acids is 2. The van der Waals surface area contributed by atoms with Gasteiger partial charge in [0.1, 0.15) is 6.54 Å². The molecule has 0 saturated heterocycles. The Hall–Kier alpha value is -3.34. The summed E-state index contributed by atoms with van der Waals surface area (Å²) >= 11 is 0. The Labute approximate surface area is 184 Å². The van der Waals surface area contributed by atoms with E-state index in [9.17, 15) is 9.59 Å². The molecule has 31 heavy (non-hydrogen) atoms. The standard InChI is InChI=1S/C26H31N3O2/c1-3-4-18-28(26(31)23-14-9-6-10-15-23)21-25(30)29(19-22-12-7-5-8-13-22)20-24-16-11-17-27(24)2/h5-17H,3-4,18-21H2,1-2H3. The Bertz CT molecular complexity index is 967. The third kappa shape index (κ3) is 6.32. The average Bonchev–Trinajstić information content (AvgIpc) is 3.21. The Morgan fingerprint density at radius 1 is 0.839 bits per heavy atom. The smallest absolute Gasteiger partial charge is 0.254 e. The highest BCUT2D eigenvalue weighted by molar-refractivity contribution is 5.96. The highest BCUT2D eigenvalue weighted by atomic mass is 16.2. The van der Waals surface area contributed by atoms with Crippen molar-refractivity contribution in [3.8, 4) is 0 Å². The summed E-state index contributed by atoms with van der Waals surface area (Å²) in [6.07, 6.45) is 3.80. The van der Waals surface area contributed by atoms with Gasteiger partial charge in [0.2, 0.25) is 5.91 Å². The van der Waals surface area contributed by atoms with Gasteiger partial charge in [-0.3, -0.25) is 9.59 Å². The van der Waals surface area contributed by atoms with Gasteiger partial charge in [0, 0.05) is 37.6 Å². The molecule has 0 atom stereocenters. The van der Waals surface area contributed by atoms with Gasteiger partial charge in [-0.15, -0.1) is 0 Å². The quantitative estimate of drug-likeness (QED) is 0.488. The SMILES string of the molecule is CCCCN(CC(=O)N(Cc1ccccc1)Cc1cccn1C)C(=O)c1ccccc1. The molecule has 3 rings (SSSR count). The molecule has 3 aromatic rings. The topological polar surface area (TPSA) is 45.6 Å². The molecule has 1 heterocycles. The van der Waals surface area contributed by atoms with Crippen LogP contribution < -0.4 is 0 Å². The van der Waals surface area contributed by atoms with Crippen molar-refractivity contribution in [2.24, 2.45) is 7.05 Å². The zero-order valence-electron chi connectivity index (χ0n) is 18.4. The van der Waals surface area contributed by atoms with E-state index in [4.69, 9.17) is 0 Å². The van der Waals surface area contributed by atoms with Crippen molar-refractivity contribution in [2.75, 3.05) is 13.1 Å². The van der Waals surface area contributed by atoms with Crippen molar-refractivity contribution < 1.29 is 9.59 Å². The molecule has 162 valence electrons. The van der Waals surface area contributed by atoms with E-state index in [1.165, 1.54) is 0 Å². The fourth-order valence-corrected chi connectivity index (χ4v) is 3.52. The second kappa shape index (κ2) is 11.2. The van der Waals surface area contributed by atoms with E-state index < -0.39 is 0 Å². The summed E-state index contributed by atoms with van der Waals surface area (Å²) in [6.45, 7) is 3.73. The van der Waals surface area contributed by atoms with Gasteiger partial charge in [-0.1, -0.05) is 61.9 Å². The number of benzene rings is 2. The average molecular weight is 418 g/mol. The number of rotatable bonds is 10. The molecular formula is C26H31N3O2. The summed E-state index contributed by atoms with van der Waals surface area (Å²) in [6, 6.07) is 23.2. The lowest BCUT2D eigenvalue weighted by atomic mass is 10.1. The van der Waals surface area contributed by atoms with Crippen LogP contribution in [0.25, 0.3) is 0 Å². The fraction of sp³-hybridized carbons (Fsp3) is 0.308. The van der Waals surface area contributed by atoms with Gasteiger partial charge in [-0.25, -0.2) is 0 Å². The van der Waals surface area contributed by atoms with Crippen LogP contribution in [0, 0.1) is 0 Å². The van der Waals surface area contributed by atoms with Gasteiger partial charge in [0.15, 0.2) is 0 Å². The van der Waals surface area contributed by atoms with Crippen LogP contribution in [0.4, 0.5) is 0 Å². The van der Waals surface area contributed by atoms with Crippen molar-refractivity contribution in [1.82, 2.24) is 14.4 Å². The van der Waals surface area contributed by atoms with E-state index >= 15 is 0 Å². The largest absolute Gasteiger partial charge is 0.353 e. The zero-order valence-corrected chi connectivity index (χ0v) is 18.4. The summed E-state index contributed by atoms with van der Waals surface area (Å²) in [7, 11) is 1.98. The van der Waals surface area contributed by atoms with Crippen molar-refractivity contribution in [2.45, 2.75) is 32.9 Å². The molecule has 0 aliphatic heterocycles. The van der Waals surface area contributed by atoms with E-state index in [1.54, 1.807) is 17.0 Å². The summed E-state index contributed by atoms with van der Waals surface area (Å²) in [4.78, 5) is 30.0. The van der Waals surface area contributed by atoms with E-state index in [0.29, 0.717) is 25.2 Å². The van der Waals surface area contributed by atoms with Crippen LogP contribution >= 0.6 is 0 Å². The van der Waals surface area contributed by atoms with Gasteiger partial charge >= 0.3 is 0 Å². The molecule has 5 heteroatoms. The maximum Gasteiger partial charge on any atom is 0.254 e. The molecule has 2 aromatic carbocycles. The van der Waals surface area contributed by atoms with Crippen LogP contribution in [0.15, 0.2) is 79.0 Å². The lowest BCUT2D eigenvalue weighted by Gasteiger charge is -2.28. The molecule has 0 bridgehead atoms. The minimum atomic E-state index is -0.0964. The van der Waals surface area contributed by atoms with Crippen LogP contribution in [0.3, 0.4) is 0 Å². The lowest BCUT2D eigenvalue weighted by Crippen LogP contribution is -2.43. The Balaban J connectivity index is 1.79. The third-order valence-electron chi connectivity index (χ3n) is 5.39. The van der Waals surface area contributed by atoms with Crippen molar-refractivity contribution >= 4 is 11.8 Å². The predicted molar refractivity (Wildman–Crippen MR) is 123 cm³/mol. The molecular weight excluding hydrogens is 386 g/mol. The number of carbonyl (C=O) groups is 2. The maximum atomic E-state index is 13.4. The van der Waals surface area contributed by atoms with Crippen molar-refractivity contribution in [1.29, 1.82) is 0 Å².